The third-order valence-corrected chi connectivity index (χ3v) is 6.04. The zero-order valence-electron chi connectivity index (χ0n) is 17.1. The van der Waals surface area contributed by atoms with Crippen LogP contribution in [0.4, 0.5) is 5.69 Å². The molecule has 148 valence electrons. The predicted molar refractivity (Wildman–Crippen MR) is 118 cm³/mol. The summed E-state index contributed by atoms with van der Waals surface area (Å²) in [7, 11) is 0. The third-order valence-electron chi connectivity index (χ3n) is 5.38. The van der Waals surface area contributed by atoms with Gasteiger partial charge in [0.05, 0.1) is 0 Å². The van der Waals surface area contributed by atoms with Gasteiger partial charge in [-0.25, -0.2) is 5.43 Å². The molecule has 0 bridgehead atoms. The van der Waals surface area contributed by atoms with E-state index in [4.69, 9.17) is 5.14 Å². The summed E-state index contributed by atoms with van der Waals surface area (Å²) in [4.78, 5) is 1.18. The molecule has 1 aromatic carbocycles. The van der Waals surface area contributed by atoms with E-state index >= 15 is 0 Å². The Morgan fingerprint density at radius 3 is 2.37 bits per heavy atom. The van der Waals surface area contributed by atoms with Crippen molar-refractivity contribution in [3.8, 4) is 11.3 Å². The zero-order chi connectivity index (χ0) is 19.4. The van der Waals surface area contributed by atoms with Crippen molar-refractivity contribution in [2.45, 2.75) is 76.8 Å². The van der Waals surface area contributed by atoms with E-state index in [0.717, 1.165) is 18.2 Å². The van der Waals surface area contributed by atoms with Crippen LogP contribution < -0.4 is 16.0 Å². The third kappa shape index (κ3) is 5.31. The van der Waals surface area contributed by atoms with Gasteiger partial charge in [0, 0.05) is 34.1 Å². The quantitative estimate of drug-likeness (QED) is 0.439. The maximum absolute atomic E-state index is 5.93. The van der Waals surface area contributed by atoms with E-state index in [0.29, 0.717) is 0 Å². The Morgan fingerprint density at radius 2 is 1.78 bits per heavy atom. The number of hydrogen-bond donors (Lipinski definition) is 3. The Labute approximate surface area is 168 Å². The van der Waals surface area contributed by atoms with Crippen molar-refractivity contribution in [1.82, 2.24) is 9.99 Å². The molecule has 3 rings (SSSR count). The topological polar surface area (TPSA) is 55.0 Å². The number of hydrogen-bond acceptors (Lipinski definition) is 4. The van der Waals surface area contributed by atoms with Crippen LogP contribution in [0, 0.1) is 12.8 Å². The highest BCUT2D eigenvalue weighted by molar-refractivity contribution is 7.97. The van der Waals surface area contributed by atoms with Crippen LogP contribution in [-0.4, -0.2) is 10.1 Å². The van der Waals surface area contributed by atoms with E-state index in [1.165, 1.54) is 65.9 Å². The van der Waals surface area contributed by atoms with Gasteiger partial charge >= 0.3 is 0 Å². The normalized spacial score (nSPS) is 15.9. The summed E-state index contributed by atoms with van der Waals surface area (Å²) in [5, 5.41) is 5.93. The molecule has 5 heteroatoms. The summed E-state index contributed by atoms with van der Waals surface area (Å²) in [6.07, 6.45) is 6.85. The van der Waals surface area contributed by atoms with Crippen molar-refractivity contribution in [3.05, 3.63) is 36.0 Å². The number of nitrogens with zero attached hydrogens (tertiary/aromatic N) is 1. The number of benzene rings is 1. The van der Waals surface area contributed by atoms with Crippen molar-refractivity contribution >= 4 is 17.6 Å². The summed E-state index contributed by atoms with van der Waals surface area (Å²) in [6.45, 7) is 9.72. The average Bonchev–Trinajstić information content (AvgIpc) is 2.97. The lowest BCUT2D eigenvalue weighted by atomic mass is 9.89. The molecule has 0 radical (unpaired) electrons. The summed E-state index contributed by atoms with van der Waals surface area (Å²) >= 11 is 1.36. The Balaban J connectivity index is 1.82. The molecule has 4 nitrogen and oxygen atoms in total. The zero-order valence-corrected chi connectivity index (χ0v) is 18.0. The smallest absolute Gasteiger partial charge is 0.0494 e. The lowest BCUT2D eigenvalue weighted by Gasteiger charge is -2.24. The molecular weight excluding hydrogens is 352 g/mol. The molecule has 1 aliphatic rings. The average molecular weight is 387 g/mol. The fourth-order valence-corrected chi connectivity index (χ4v) is 4.29. The SMILES string of the molecule is Cc1c(SN)cc(-c2ccc(NNC(C)(C)C)cc2)n1CC1CCCCC1. The molecule has 1 aliphatic carbocycles. The molecule has 1 fully saturated rings. The van der Waals surface area contributed by atoms with E-state index in [2.05, 4.69) is 73.4 Å². The van der Waals surface area contributed by atoms with Crippen molar-refractivity contribution in [1.29, 1.82) is 0 Å². The number of aromatic nitrogens is 1. The van der Waals surface area contributed by atoms with Gasteiger partial charge in [0.1, 0.15) is 0 Å². The second kappa shape index (κ2) is 8.72. The van der Waals surface area contributed by atoms with Gasteiger partial charge in [-0.1, -0.05) is 31.4 Å². The standard InChI is InChI=1S/C22H34N4S/c1-16-21(27-23)14-20(26(16)15-17-8-6-5-7-9-17)18-10-12-19(13-11-18)24-25-22(2,3)4/h10-14,17,24-25H,5-9,15,23H2,1-4H3. The highest BCUT2D eigenvalue weighted by Gasteiger charge is 2.19. The predicted octanol–water partition coefficient (Wildman–Crippen LogP) is 5.72. The number of rotatable bonds is 6. The number of hydrazine groups is 1. The molecule has 2 aromatic rings. The fourth-order valence-electron chi connectivity index (χ4n) is 3.83. The van der Waals surface area contributed by atoms with E-state index in [1.807, 2.05) is 0 Å². The van der Waals surface area contributed by atoms with Crippen LogP contribution in [0.1, 0.15) is 58.6 Å². The van der Waals surface area contributed by atoms with Crippen molar-refractivity contribution < 1.29 is 0 Å². The van der Waals surface area contributed by atoms with E-state index in [9.17, 15) is 0 Å². The van der Waals surface area contributed by atoms with Crippen LogP contribution in [0.2, 0.25) is 0 Å². The molecule has 1 aromatic heterocycles. The number of nitrogens with one attached hydrogen (secondary N) is 2. The monoisotopic (exact) mass is 386 g/mol. The van der Waals surface area contributed by atoms with Crippen LogP contribution in [0.15, 0.2) is 35.2 Å². The van der Waals surface area contributed by atoms with Crippen LogP contribution in [-0.2, 0) is 6.54 Å². The largest absolute Gasteiger partial charge is 0.343 e. The Morgan fingerprint density at radius 1 is 1.11 bits per heavy atom. The first kappa shape index (κ1) is 20.3. The Bertz CT molecular complexity index is 737. The molecule has 0 unspecified atom stereocenters. The van der Waals surface area contributed by atoms with Gasteiger partial charge in [-0.15, -0.1) is 0 Å². The van der Waals surface area contributed by atoms with Crippen LogP contribution in [0.25, 0.3) is 11.3 Å². The first-order valence-corrected chi connectivity index (χ1v) is 11.0. The van der Waals surface area contributed by atoms with Gasteiger partial charge in [-0.2, -0.15) is 0 Å². The maximum atomic E-state index is 5.93. The molecular formula is C22H34N4S. The Hall–Kier alpha value is -1.43. The molecule has 0 atom stereocenters. The van der Waals surface area contributed by atoms with Crippen LogP contribution in [0.5, 0.6) is 0 Å². The molecule has 0 amide bonds. The lowest BCUT2D eigenvalue weighted by molar-refractivity contribution is 0.318. The minimum atomic E-state index is 0.0255. The molecule has 1 saturated carbocycles. The minimum Gasteiger partial charge on any atom is -0.343 e. The maximum Gasteiger partial charge on any atom is 0.0494 e. The van der Waals surface area contributed by atoms with Gasteiger partial charge in [0.2, 0.25) is 0 Å². The molecule has 1 heterocycles. The van der Waals surface area contributed by atoms with E-state index in [1.54, 1.807) is 0 Å². The lowest BCUT2D eigenvalue weighted by Crippen LogP contribution is -2.40. The molecule has 0 aliphatic heterocycles. The molecule has 4 N–H and O–H groups in total. The van der Waals surface area contributed by atoms with Gasteiger partial charge in [-0.05, 0) is 82.2 Å². The van der Waals surface area contributed by atoms with Crippen LogP contribution in [0.3, 0.4) is 0 Å². The highest BCUT2D eigenvalue weighted by atomic mass is 32.2. The van der Waals surface area contributed by atoms with Gasteiger partial charge < -0.3 is 9.99 Å². The second-order valence-corrected chi connectivity index (χ2v) is 9.46. The molecule has 27 heavy (non-hydrogen) atoms. The number of anilines is 1. The van der Waals surface area contributed by atoms with E-state index in [-0.39, 0.29) is 5.54 Å². The van der Waals surface area contributed by atoms with Crippen LogP contribution >= 0.6 is 11.9 Å². The minimum absolute atomic E-state index is 0.0255. The summed E-state index contributed by atoms with van der Waals surface area (Å²) < 4.78 is 2.49. The molecule has 0 saturated heterocycles. The first-order chi connectivity index (χ1) is 12.9. The van der Waals surface area contributed by atoms with Crippen molar-refractivity contribution in [2.75, 3.05) is 5.43 Å². The summed E-state index contributed by atoms with van der Waals surface area (Å²) in [5.41, 5.74) is 11.5. The van der Waals surface area contributed by atoms with Gasteiger partial charge in [0.15, 0.2) is 0 Å². The highest BCUT2D eigenvalue weighted by Crippen LogP contribution is 2.33. The molecule has 0 spiro atoms. The van der Waals surface area contributed by atoms with Crippen molar-refractivity contribution in [3.63, 3.8) is 0 Å². The number of nitrogens with two attached hydrogens (primary N) is 1. The van der Waals surface area contributed by atoms with Gasteiger partial charge in [0.25, 0.3) is 0 Å². The van der Waals surface area contributed by atoms with E-state index < -0.39 is 0 Å². The Kier molecular flexibility index (Phi) is 6.56. The van der Waals surface area contributed by atoms with Gasteiger partial charge in [-0.3, -0.25) is 5.14 Å². The summed E-state index contributed by atoms with van der Waals surface area (Å²) in [6, 6.07) is 10.9. The van der Waals surface area contributed by atoms with Crippen molar-refractivity contribution in [2.24, 2.45) is 11.1 Å². The first-order valence-electron chi connectivity index (χ1n) is 10.1. The fraction of sp³-hybridized carbons (Fsp3) is 0.545. The second-order valence-electron chi connectivity index (χ2n) is 8.79. The summed E-state index contributed by atoms with van der Waals surface area (Å²) in [5.74, 6) is 0.788.